The van der Waals surface area contributed by atoms with Crippen LogP contribution >= 0.6 is 11.5 Å². The van der Waals surface area contributed by atoms with Crippen LogP contribution in [0.3, 0.4) is 0 Å². The zero-order valence-corrected chi connectivity index (χ0v) is 12.6. The molecular weight excluding hydrogens is 298 g/mol. The number of anilines is 1. The maximum absolute atomic E-state index is 12.4. The third kappa shape index (κ3) is 2.96. The number of carbonyl (C=O) groups is 1. The van der Waals surface area contributed by atoms with Gasteiger partial charge in [0.15, 0.2) is 0 Å². The minimum absolute atomic E-state index is 0.223. The molecule has 5 nitrogen and oxygen atoms in total. The molecule has 1 heterocycles. The van der Waals surface area contributed by atoms with E-state index in [9.17, 15) is 4.79 Å². The van der Waals surface area contributed by atoms with E-state index < -0.39 is 0 Å². The van der Waals surface area contributed by atoms with Crippen LogP contribution in [0.1, 0.15) is 9.67 Å². The van der Waals surface area contributed by atoms with Gasteiger partial charge in [-0.2, -0.15) is 0 Å². The highest BCUT2D eigenvalue weighted by molar-refractivity contribution is 7.08. The van der Waals surface area contributed by atoms with E-state index in [4.69, 9.17) is 4.74 Å². The summed E-state index contributed by atoms with van der Waals surface area (Å²) in [6, 6.07) is 16.7. The molecule has 0 fully saturated rings. The Bertz CT molecular complexity index is 770. The molecule has 3 rings (SSSR count). The SMILES string of the molecule is COc1ccc(NC(=O)c2snnc2-c2ccccc2)cc1. The molecule has 1 N–H and O–H groups in total. The summed E-state index contributed by atoms with van der Waals surface area (Å²) in [6.45, 7) is 0. The van der Waals surface area contributed by atoms with E-state index in [1.54, 1.807) is 31.4 Å². The number of ether oxygens (including phenoxy) is 1. The Morgan fingerprint density at radius 2 is 1.82 bits per heavy atom. The first-order chi connectivity index (χ1) is 10.8. The average molecular weight is 311 g/mol. The first-order valence-electron chi connectivity index (χ1n) is 6.61. The van der Waals surface area contributed by atoms with Gasteiger partial charge in [0.25, 0.3) is 5.91 Å². The van der Waals surface area contributed by atoms with Crippen LogP contribution < -0.4 is 10.1 Å². The van der Waals surface area contributed by atoms with Gasteiger partial charge >= 0.3 is 0 Å². The summed E-state index contributed by atoms with van der Waals surface area (Å²) in [7, 11) is 1.60. The molecule has 0 bridgehead atoms. The molecule has 6 heteroatoms. The Hall–Kier alpha value is -2.73. The first-order valence-corrected chi connectivity index (χ1v) is 7.38. The van der Waals surface area contributed by atoms with E-state index in [2.05, 4.69) is 14.9 Å². The van der Waals surface area contributed by atoms with Gasteiger partial charge in [-0.25, -0.2) is 0 Å². The van der Waals surface area contributed by atoms with Crippen LogP contribution in [0, 0.1) is 0 Å². The molecule has 22 heavy (non-hydrogen) atoms. The molecule has 3 aromatic rings. The van der Waals surface area contributed by atoms with Crippen molar-refractivity contribution >= 4 is 23.1 Å². The number of rotatable bonds is 4. The van der Waals surface area contributed by atoms with Crippen molar-refractivity contribution in [2.24, 2.45) is 0 Å². The zero-order valence-electron chi connectivity index (χ0n) is 11.8. The van der Waals surface area contributed by atoms with Gasteiger partial charge in [-0.3, -0.25) is 4.79 Å². The third-order valence-corrected chi connectivity index (χ3v) is 3.81. The highest BCUT2D eigenvalue weighted by atomic mass is 32.1. The lowest BCUT2D eigenvalue weighted by atomic mass is 10.1. The number of benzene rings is 2. The minimum atomic E-state index is -0.223. The molecule has 0 aliphatic rings. The normalized spacial score (nSPS) is 10.2. The maximum Gasteiger partial charge on any atom is 0.269 e. The topological polar surface area (TPSA) is 64.1 Å². The molecule has 1 amide bonds. The second kappa shape index (κ2) is 6.36. The average Bonchev–Trinajstić information content (AvgIpc) is 3.06. The molecule has 0 aliphatic heterocycles. The van der Waals surface area contributed by atoms with Gasteiger partial charge < -0.3 is 10.1 Å². The number of hydrogen-bond acceptors (Lipinski definition) is 5. The van der Waals surface area contributed by atoms with Crippen molar-refractivity contribution in [3.05, 3.63) is 59.5 Å². The van der Waals surface area contributed by atoms with E-state index in [0.717, 1.165) is 22.8 Å². The summed E-state index contributed by atoms with van der Waals surface area (Å²) < 4.78 is 8.99. The quantitative estimate of drug-likeness (QED) is 0.801. The Morgan fingerprint density at radius 3 is 2.50 bits per heavy atom. The van der Waals surface area contributed by atoms with Crippen LogP contribution in [0.4, 0.5) is 5.69 Å². The molecule has 0 atom stereocenters. The zero-order chi connectivity index (χ0) is 15.4. The fraction of sp³-hybridized carbons (Fsp3) is 0.0625. The summed E-state index contributed by atoms with van der Waals surface area (Å²) in [5.41, 5.74) is 2.16. The number of hydrogen-bond donors (Lipinski definition) is 1. The fourth-order valence-corrected chi connectivity index (χ4v) is 2.57. The van der Waals surface area contributed by atoms with Gasteiger partial charge in [0.1, 0.15) is 16.3 Å². The highest BCUT2D eigenvalue weighted by Gasteiger charge is 2.17. The molecule has 0 unspecified atom stereocenters. The van der Waals surface area contributed by atoms with Crippen LogP contribution in [0.5, 0.6) is 5.75 Å². The largest absolute Gasteiger partial charge is 0.497 e. The summed E-state index contributed by atoms with van der Waals surface area (Å²) in [4.78, 5) is 12.9. The molecule has 0 aliphatic carbocycles. The number of methoxy groups -OCH3 is 1. The molecule has 110 valence electrons. The lowest BCUT2D eigenvalue weighted by molar-refractivity contribution is 0.103. The molecule has 0 saturated carbocycles. The van der Waals surface area contributed by atoms with E-state index in [0.29, 0.717) is 16.3 Å². The summed E-state index contributed by atoms with van der Waals surface area (Å²) >= 11 is 1.08. The Balaban J connectivity index is 1.82. The summed E-state index contributed by atoms with van der Waals surface area (Å²) in [5, 5.41) is 6.91. The van der Waals surface area contributed by atoms with Crippen molar-refractivity contribution in [2.45, 2.75) is 0 Å². The van der Waals surface area contributed by atoms with Gasteiger partial charge in [-0.1, -0.05) is 34.8 Å². The van der Waals surface area contributed by atoms with Crippen molar-refractivity contribution in [1.82, 2.24) is 9.59 Å². The number of carbonyl (C=O) groups excluding carboxylic acids is 1. The van der Waals surface area contributed by atoms with E-state index in [1.807, 2.05) is 30.3 Å². The fourth-order valence-electron chi connectivity index (χ4n) is 1.99. The molecule has 0 radical (unpaired) electrons. The standard InChI is InChI=1S/C16H13N3O2S/c1-21-13-9-7-12(8-10-13)17-16(20)15-14(18-19-22-15)11-5-3-2-4-6-11/h2-10H,1H3,(H,17,20). The van der Waals surface area contributed by atoms with Crippen LogP contribution in [0.15, 0.2) is 54.6 Å². The van der Waals surface area contributed by atoms with Crippen LogP contribution in [0.2, 0.25) is 0 Å². The predicted molar refractivity (Wildman–Crippen MR) is 86.3 cm³/mol. The molecule has 1 aromatic heterocycles. The van der Waals surface area contributed by atoms with Gasteiger partial charge in [-0.15, -0.1) is 5.10 Å². The highest BCUT2D eigenvalue weighted by Crippen LogP contribution is 2.25. The van der Waals surface area contributed by atoms with Crippen molar-refractivity contribution in [1.29, 1.82) is 0 Å². The molecular formula is C16H13N3O2S. The molecule has 0 spiro atoms. The first kappa shape index (κ1) is 14.2. The summed E-state index contributed by atoms with van der Waals surface area (Å²) in [5.74, 6) is 0.515. The van der Waals surface area contributed by atoms with Gasteiger partial charge in [0.05, 0.1) is 7.11 Å². The third-order valence-electron chi connectivity index (χ3n) is 3.09. The Labute approximate surface area is 131 Å². The lowest BCUT2D eigenvalue weighted by Gasteiger charge is -2.06. The van der Waals surface area contributed by atoms with E-state index in [-0.39, 0.29) is 5.91 Å². The van der Waals surface area contributed by atoms with Crippen molar-refractivity contribution in [3.63, 3.8) is 0 Å². The molecule has 2 aromatic carbocycles. The van der Waals surface area contributed by atoms with Gasteiger partial charge in [-0.05, 0) is 35.8 Å². The monoisotopic (exact) mass is 311 g/mol. The lowest BCUT2D eigenvalue weighted by Crippen LogP contribution is -2.11. The summed E-state index contributed by atoms with van der Waals surface area (Å²) in [6.07, 6.45) is 0. The van der Waals surface area contributed by atoms with Crippen molar-refractivity contribution in [3.8, 4) is 17.0 Å². The second-order valence-electron chi connectivity index (χ2n) is 4.50. The number of nitrogens with zero attached hydrogens (tertiary/aromatic N) is 2. The van der Waals surface area contributed by atoms with Crippen molar-refractivity contribution in [2.75, 3.05) is 12.4 Å². The van der Waals surface area contributed by atoms with Crippen LogP contribution in [-0.4, -0.2) is 22.6 Å². The van der Waals surface area contributed by atoms with Gasteiger partial charge in [0, 0.05) is 11.3 Å². The van der Waals surface area contributed by atoms with Crippen LogP contribution in [0.25, 0.3) is 11.3 Å². The second-order valence-corrected chi connectivity index (χ2v) is 5.25. The number of aromatic nitrogens is 2. The Morgan fingerprint density at radius 1 is 1.09 bits per heavy atom. The van der Waals surface area contributed by atoms with Crippen LogP contribution in [-0.2, 0) is 0 Å². The number of nitrogens with one attached hydrogen (secondary N) is 1. The minimum Gasteiger partial charge on any atom is -0.497 e. The molecule has 0 saturated heterocycles. The van der Waals surface area contributed by atoms with E-state index in [1.165, 1.54) is 0 Å². The smallest absolute Gasteiger partial charge is 0.269 e. The van der Waals surface area contributed by atoms with Gasteiger partial charge in [0.2, 0.25) is 0 Å². The maximum atomic E-state index is 12.4. The van der Waals surface area contributed by atoms with Crippen molar-refractivity contribution < 1.29 is 9.53 Å². The van der Waals surface area contributed by atoms with E-state index >= 15 is 0 Å². The Kier molecular flexibility index (Phi) is 4.11. The number of amides is 1. The predicted octanol–water partition coefficient (Wildman–Crippen LogP) is 3.47.